The van der Waals surface area contributed by atoms with Gasteiger partial charge in [-0.25, -0.2) is 4.98 Å². The van der Waals surface area contributed by atoms with Crippen LogP contribution in [0, 0.1) is 18.3 Å². The summed E-state index contributed by atoms with van der Waals surface area (Å²) in [5.74, 6) is 0.614. The molecule has 104 valence electrons. The summed E-state index contributed by atoms with van der Waals surface area (Å²) in [4.78, 5) is 4.04. The summed E-state index contributed by atoms with van der Waals surface area (Å²) in [6.07, 6.45) is 1.47. The van der Waals surface area contributed by atoms with E-state index < -0.39 is 10.0 Å². The maximum Gasteiger partial charge on any atom is 0.283 e. The van der Waals surface area contributed by atoms with Crippen molar-refractivity contribution in [1.29, 1.82) is 5.26 Å². The van der Waals surface area contributed by atoms with E-state index >= 15 is 0 Å². The number of hydrogen-bond acceptors (Lipinski definition) is 4. The summed E-state index contributed by atoms with van der Waals surface area (Å²) in [5, 5.41) is 8.86. The first-order valence-corrected chi connectivity index (χ1v) is 7.29. The van der Waals surface area contributed by atoms with Crippen LogP contribution in [0.4, 0.5) is 5.69 Å². The standard InChI is InChI=1S/C13H14N4O2S/c1-10-15-13(9-16(10)2)20(18,19)17(3)12-6-4-5-11(7-12)8-14/h4-7,9H,1-3H3. The van der Waals surface area contributed by atoms with E-state index in [9.17, 15) is 8.42 Å². The van der Waals surface area contributed by atoms with E-state index in [4.69, 9.17) is 5.26 Å². The van der Waals surface area contributed by atoms with Gasteiger partial charge in [0, 0.05) is 20.3 Å². The van der Waals surface area contributed by atoms with Gasteiger partial charge < -0.3 is 4.57 Å². The number of benzene rings is 1. The first-order chi connectivity index (χ1) is 9.36. The first-order valence-electron chi connectivity index (χ1n) is 5.85. The average Bonchev–Trinajstić information content (AvgIpc) is 2.78. The van der Waals surface area contributed by atoms with Crippen molar-refractivity contribution in [2.75, 3.05) is 11.4 Å². The molecule has 0 atom stereocenters. The minimum atomic E-state index is -3.73. The Hall–Kier alpha value is -2.33. The molecule has 0 bridgehead atoms. The van der Waals surface area contributed by atoms with Gasteiger partial charge in [0.05, 0.1) is 17.3 Å². The number of nitriles is 1. The van der Waals surface area contributed by atoms with E-state index in [1.807, 2.05) is 6.07 Å². The minimum absolute atomic E-state index is 0.0117. The molecule has 0 saturated carbocycles. The van der Waals surface area contributed by atoms with Gasteiger partial charge in [-0.05, 0) is 25.1 Å². The number of sulfonamides is 1. The fraction of sp³-hybridized carbons (Fsp3) is 0.231. The van der Waals surface area contributed by atoms with Gasteiger partial charge in [-0.1, -0.05) is 6.07 Å². The van der Waals surface area contributed by atoms with E-state index in [1.54, 1.807) is 36.7 Å². The molecule has 2 aromatic rings. The van der Waals surface area contributed by atoms with Crippen molar-refractivity contribution in [3.63, 3.8) is 0 Å². The molecule has 0 fully saturated rings. The van der Waals surface area contributed by atoms with Crippen LogP contribution in [-0.2, 0) is 17.1 Å². The van der Waals surface area contributed by atoms with Crippen LogP contribution in [0.3, 0.4) is 0 Å². The summed E-state index contributed by atoms with van der Waals surface area (Å²) < 4.78 is 27.7. The van der Waals surface area contributed by atoms with Crippen LogP contribution in [0.2, 0.25) is 0 Å². The number of rotatable bonds is 3. The quantitative estimate of drug-likeness (QED) is 0.856. The molecule has 0 aliphatic rings. The summed E-state index contributed by atoms with van der Waals surface area (Å²) in [5.41, 5.74) is 0.828. The number of hydrogen-bond donors (Lipinski definition) is 0. The van der Waals surface area contributed by atoms with Crippen molar-refractivity contribution in [3.05, 3.63) is 41.9 Å². The van der Waals surface area contributed by atoms with Gasteiger partial charge in [0.2, 0.25) is 0 Å². The number of anilines is 1. The number of imidazole rings is 1. The Morgan fingerprint density at radius 1 is 1.40 bits per heavy atom. The molecule has 2 rings (SSSR count). The number of aromatic nitrogens is 2. The fourth-order valence-electron chi connectivity index (χ4n) is 1.70. The molecular weight excluding hydrogens is 276 g/mol. The molecule has 6 nitrogen and oxygen atoms in total. The highest BCUT2D eigenvalue weighted by Gasteiger charge is 2.24. The molecule has 20 heavy (non-hydrogen) atoms. The predicted molar refractivity (Wildman–Crippen MR) is 74.7 cm³/mol. The molecular formula is C13H14N4O2S. The van der Waals surface area contributed by atoms with Crippen LogP contribution >= 0.6 is 0 Å². The van der Waals surface area contributed by atoms with Gasteiger partial charge in [0.1, 0.15) is 5.82 Å². The summed E-state index contributed by atoms with van der Waals surface area (Å²) >= 11 is 0. The number of aryl methyl sites for hydroxylation is 2. The second-order valence-corrected chi connectivity index (χ2v) is 6.29. The lowest BCUT2D eigenvalue weighted by atomic mass is 10.2. The molecule has 0 aliphatic heterocycles. The third-order valence-corrected chi connectivity index (χ3v) is 4.71. The van der Waals surface area contributed by atoms with Crippen molar-refractivity contribution in [3.8, 4) is 6.07 Å². The van der Waals surface area contributed by atoms with Crippen LogP contribution in [0.15, 0.2) is 35.5 Å². The smallest absolute Gasteiger partial charge is 0.283 e. The van der Waals surface area contributed by atoms with Gasteiger partial charge in [-0.2, -0.15) is 13.7 Å². The van der Waals surface area contributed by atoms with Crippen LogP contribution in [0.25, 0.3) is 0 Å². The van der Waals surface area contributed by atoms with Gasteiger partial charge in [-0.15, -0.1) is 0 Å². The van der Waals surface area contributed by atoms with Crippen LogP contribution in [0.1, 0.15) is 11.4 Å². The summed E-state index contributed by atoms with van der Waals surface area (Å²) in [6, 6.07) is 8.40. The molecule has 0 amide bonds. The topological polar surface area (TPSA) is 79.0 Å². The Balaban J connectivity index is 2.46. The van der Waals surface area contributed by atoms with E-state index in [-0.39, 0.29) is 5.03 Å². The fourth-order valence-corrected chi connectivity index (χ4v) is 2.91. The zero-order valence-corrected chi connectivity index (χ0v) is 12.2. The van der Waals surface area contributed by atoms with E-state index in [2.05, 4.69) is 4.98 Å². The largest absolute Gasteiger partial charge is 0.337 e. The molecule has 0 saturated heterocycles. The highest BCUT2D eigenvalue weighted by molar-refractivity contribution is 7.92. The predicted octanol–water partition coefficient (Wildman–Crippen LogP) is 1.43. The van der Waals surface area contributed by atoms with E-state index in [0.29, 0.717) is 17.1 Å². The lowest BCUT2D eigenvalue weighted by Gasteiger charge is -2.18. The van der Waals surface area contributed by atoms with Crippen LogP contribution in [-0.4, -0.2) is 25.0 Å². The van der Waals surface area contributed by atoms with Crippen molar-refractivity contribution in [1.82, 2.24) is 9.55 Å². The van der Waals surface area contributed by atoms with Crippen molar-refractivity contribution in [2.24, 2.45) is 7.05 Å². The third kappa shape index (κ3) is 2.38. The van der Waals surface area contributed by atoms with E-state index in [0.717, 1.165) is 4.31 Å². The second kappa shape index (κ2) is 4.98. The third-order valence-electron chi connectivity index (χ3n) is 3.05. The van der Waals surface area contributed by atoms with Crippen molar-refractivity contribution >= 4 is 15.7 Å². The highest BCUT2D eigenvalue weighted by Crippen LogP contribution is 2.22. The van der Waals surface area contributed by atoms with Crippen LogP contribution < -0.4 is 4.31 Å². The Labute approximate surface area is 118 Å². The maximum atomic E-state index is 12.5. The molecule has 0 aliphatic carbocycles. The normalized spacial score (nSPS) is 11.1. The molecule has 0 unspecified atom stereocenters. The minimum Gasteiger partial charge on any atom is -0.337 e. The Morgan fingerprint density at radius 2 is 2.10 bits per heavy atom. The molecule has 1 aromatic heterocycles. The molecule has 0 N–H and O–H groups in total. The highest BCUT2D eigenvalue weighted by atomic mass is 32.2. The van der Waals surface area contributed by atoms with Crippen molar-refractivity contribution < 1.29 is 8.42 Å². The Bertz CT molecular complexity index is 767. The molecule has 7 heteroatoms. The average molecular weight is 290 g/mol. The van der Waals surface area contributed by atoms with Gasteiger partial charge in [0.25, 0.3) is 10.0 Å². The Kier molecular flexibility index (Phi) is 3.51. The van der Waals surface area contributed by atoms with Gasteiger partial charge >= 0.3 is 0 Å². The maximum absolute atomic E-state index is 12.5. The summed E-state index contributed by atoms with van der Waals surface area (Å²) in [6.45, 7) is 1.73. The van der Waals surface area contributed by atoms with Crippen LogP contribution in [0.5, 0.6) is 0 Å². The molecule has 1 aromatic carbocycles. The Morgan fingerprint density at radius 3 is 2.65 bits per heavy atom. The first kappa shape index (κ1) is 14.1. The number of nitrogens with zero attached hydrogens (tertiary/aromatic N) is 4. The lowest BCUT2D eigenvalue weighted by Crippen LogP contribution is -2.26. The second-order valence-electron chi connectivity index (χ2n) is 4.37. The SMILES string of the molecule is Cc1nc(S(=O)(=O)N(C)c2cccc(C#N)c2)cn1C. The zero-order chi connectivity index (χ0) is 14.9. The van der Waals surface area contributed by atoms with Crippen molar-refractivity contribution in [2.45, 2.75) is 11.9 Å². The zero-order valence-electron chi connectivity index (χ0n) is 11.4. The lowest BCUT2D eigenvalue weighted by molar-refractivity contribution is 0.591. The summed E-state index contributed by atoms with van der Waals surface area (Å²) in [7, 11) is -0.553. The monoisotopic (exact) mass is 290 g/mol. The van der Waals surface area contributed by atoms with Gasteiger partial charge in [0.15, 0.2) is 5.03 Å². The molecule has 0 spiro atoms. The molecule has 0 radical (unpaired) electrons. The van der Waals surface area contributed by atoms with Gasteiger partial charge in [-0.3, -0.25) is 4.31 Å². The molecule has 1 heterocycles. The van der Waals surface area contributed by atoms with E-state index in [1.165, 1.54) is 19.3 Å².